The second kappa shape index (κ2) is 5.86. The van der Waals surface area contributed by atoms with Gasteiger partial charge in [0.25, 0.3) is 5.56 Å². The van der Waals surface area contributed by atoms with Crippen LogP contribution in [0.4, 0.5) is 13.2 Å². The monoisotopic (exact) mass is 272 g/mol. The number of rotatable bonds is 1. The maximum Gasteiger partial charge on any atom is 0.416 e. The second-order valence-electron chi connectivity index (χ2n) is 3.60. The van der Waals surface area contributed by atoms with Crippen molar-refractivity contribution >= 4 is 10.9 Å². The highest BCUT2D eigenvalue weighted by molar-refractivity contribution is 5.78. The Labute approximate surface area is 108 Å². The maximum absolute atomic E-state index is 12.5. The summed E-state index contributed by atoms with van der Waals surface area (Å²) in [5.41, 5.74) is -1.15. The Balaban J connectivity index is 0.000000861. The molecule has 0 unspecified atom stereocenters. The molecule has 1 heterocycles. The smallest absolute Gasteiger partial charge is 0.310 e. The molecule has 0 spiro atoms. The lowest BCUT2D eigenvalue weighted by Gasteiger charge is -2.07. The average molecular weight is 272 g/mol. The van der Waals surface area contributed by atoms with Crippen LogP contribution in [0.3, 0.4) is 0 Å². The summed E-state index contributed by atoms with van der Waals surface area (Å²) in [4.78, 5) is 18.0. The van der Waals surface area contributed by atoms with Crippen molar-refractivity contribution in [1.82, 2.24) is 9.97 Å². The van der Waals surface area contributed by atoms with Crippen molar-refractivity contribution in [2.24, 2.45) is 0 Å². The highest BCUT2D eigenvalue weighted by atomic mass is 19.4. The number of aromatic nitrogens is 2. The number of hydrogen-bond acceptors (Lipinski definition) is 2. The summed E-state index contributed by atoms with van der Waals surface area (Å²) in [5.74, 6) is 0.377. The van der Waals surface area contributed by atoms with Gasteiger partial charge in [-0.25, -0.2) is 4.98 Å². The number of H-pyrrole nitrogens is 1. The van der Waals surface area contributed by atoms with E-state index in [9.17, 15) is 18.0 Å². The number of aromatic amines is 1. The topological polar surface area (TPSA) is 45.8 Å². The van der Waals surface area contributed by atoms with Crippen molar-refractivity contribution in [1.29, 1.82) is 0 Å². The van der Waals surface area contributed by atoms with Crippen LogP contribution in [-0.4, -0.2) is 9.97 Å². The van der Waals surface area contributed by atoms with Gasteiger partial charge < -0.3 is 4.98 Å². The lowest BCUT2D eigenvalue weighted by molar-refractivity contribution is -0.137. The summed E-state index contributed by atoms with van der Waals surface area (Å²) < 4.78 is 37.5. The van der Waals surface area contributed by atoms with Crippen molar-refractivity contribution in [3.63, 3.8) is 0 Å². The highest BCUT2D eigenvalue weighted by Gasteiger charge is 2.30. The van der Waals surface area contributed by atoms with E-state index in [-0.39, 0.29) is 10.9 Å². The molecule has 0 bridgehead atoms. The first-order valence-electron chi connectivity index (χ1n) is 6.02. The summed E-state index contributed by atoms with van der Waals surface area (Å²) >= 11 is 0. The van der Waals surface area contributed by atoms with Crippen LogP contribution in [0.5, 0.6) is 0 Å². The van der Waals surface area contributed by atoms with Gasteiger partial charge in [0.1, 0.15) is 5.82 Å². The molecular weight excluding hydrogens is 257 g/mol. The zero-order valence-electron chi connectivity index (χ0n) is 10.9. The summed E-state index contributed by atoms with van der Waals surface area (Å²) in [6.07, 6.45) is -3.97. The Morgan fingerprint density at radius 1 is 1.26 bits per heavy atom. The van der Waals surface area contributed by atoms with E-state index in [1.165, 1.54) is 0 Å². The quantitative estimate of drug-likeness (QED) is 0.863. The molecule has 0 radical (unpaired) electrons. The molecule has 19 heavy (non-hydrogen) atoms. The van der Waals surface area contributed by atoms with Crippen LogP contribution < -0.4 is 5.56 Å². The standard InChI is InChI=1S/C11H9F3N2O.C2H6/c1-2-9-15-8-5-6(11(12,13)14)3-4-7(8)10(17)16-9;1-2/h3-5H,2H2,1H3,(H,15,16,17);1-2H3. The molecule has 0 aliphatic heterocycles. The van der Waals surface area contributed by atoms with Gasteiger partial charge in [-0.05, 0) is 18.2 Å². The van der Waals surface area contributed by atoms with E-state index in [2.05, 4.69) is 9.97 Å². The summed E-state index contributed by atoms with van der Waals surface area (Å²) in [6, 6.07) is 2.91. The van der Waals surface area contributed by atoms with Crippen LogP contribution in [0, 0.1) is 0 Å². The van der Waals surface area contributed by atoms with Crippen molar-refractivity contribution < 1.29 is 13.2 Å². The molecule has 0 amide bonds. The van der Waals surface area contributed by atoms with Crippen molar-refractivity contribution in [2.45, 2.75) is 33.4 Å². The number of nitrogens with one attached hydrogen (secondary N) is 1. The Kier molecular flexibility index (Phi) is 4.69. The molecule has 1 aromatic heterocycles. The van der Waals surface area contributed by atoms with Gasteiger partial charge in [-0.15, -0.1) is 0 Å². The zero-order valence-corrected chi connectivity index (χ0v) is 10.9. The molecule has 6 heteroatoms. The molecule has 1 N–H and O–H groups in total. The molecule has 0 saturated heterocycles. The normalized spacial score (nSPS) is 11.1. The number of halogens is 3. The van der Waals surface area contributed by atoms with Crippen molar-refractivity contribution in [2.75, 3.05) is 0 Å². The minimum Gasteiger partial charge on any atom is -0.310 e. The summed E-state index contributed by atoms with van der Waals surface area (Å²) in [7, 11) is 0. The molecular formula is C13H15F3N2O. The number of nitrogens with zero attached hydrogens (tertiary/aromatic N) is 1. The summed E-state index contributed by atoms with van der Waals surface area (Å²) in [5, 5.41) is 0.162. The van der Waals surface area contributed by atoms with Crippen molar-refractivity contribution in [3.05, 3.63) is 39.9 Å². The minimum atomic E-state index is -4.43. The van der Waals surface area contributed by atoms with Gasteiger partial charge >= 0.3 is 6.18 Å². The van der Waals surface area contributed by atoms with Gasteiger partial charge in [-0.3, -0.25) is 4.79 Å². The first-order chi connectivity index (χ1) is 8.91. The molecule has 0 aliphatic rings. The van der Waals surface area contributed by atoms with E-state index in [4.69, 9.17) is 0 Å². The van der Waals surface area contributed by atoms with Crippen LogP contribution >= 0.6 is 0 Å². The molecule has 2 aromatic rings. The third-order valence-corrected chi connectivity index (χ3v) is 2.42. The number of alkyl halides is 3. The van der Waals surface area contributed by atoms with E-state index in [1.54, 1.807) is 6.92 Å². The fraction of sp³-hybridized carbons (Fsp3) is 0.385. The number of fused-ring (bicyclic) bond motifs is 1. The summed E-state index contributed by atoms with van der Waals surface area (Å²) in [6.45, 7) is 5.76. The van der Waals surface area contributed by atoms with Gasteiger partial charge in [-0.2, -0.15) is 13.2 Å². The van der Waals surface area contributed by atoms with Gasteiger partial charge in [0.2, 0.25) is 0 Å². The zero-order chi connectivity index (χ0) is 14.6. The number of hydrogen-bond donors (Lipinski definition) is 1. The van der Waals surface area contributed by atoms with Crippen LogP contribution in [0.1, 0.15) is 32.2 Å². The Hall–Kier alpha value is -1.85. The van der Waals surface area contributed by atoms with E-state index < -0.39 is 17.3 Å². The predicted molar refractivity (Wildman–Crippen MR) is 68.1 cm³/mol. The van der Waals surface area contributed by atoms with Crippen LogP contribution in [0.25, 0.3) is 10.9 Å². The largest absolute Gasteiger partial charge is 0.416 e. The molecule has 0 fully saturated rings. The fourth-order valence-corrected chi connectivity index (χ4v) is 1.53. The fourth-order valence-electron chi connectivity index (χ4n) is 1.53. The van der Waals surface area contributed by atoms with Crippen LogP contribution in [0.2, 0.25) is 0 Å². The van der Waals surface area contributed by atoms with Crippen LogP contribution in [-0.2, 0) is 12.6 Å². The lowest BCUT2D eigenvalue weighted by Crippen LogP contribution is -2.12. The van der Waals surface area contributed by atoms with Gasteiger partial charge in [-0.1, -0.05) is 20.8 Å². The number of aryl methyl sites for hydroxylation is 1. The Morgan fingerprint density at radius 2 is 1.89 bits per heavy atom. The molecule has 0 aliphatic carbocycles. The first-order valence-corrected chi connectivity index (χ1v) is 6.02. The van der Waals surface area contributed by atoms with Crippen molar-refractivity contribution in [3.8, 4) is 0 Å². The van der Waals surface area contributed by atoms with E-state index in [0.717, 1.165) is 18.2 Å². The first kappa shape index (κ1) is 15.2. The maximum atomic E-state index is 12.5. The second-order valence-corrected chi connectivity index (χ2v) is 3.60. The van der Waals surface area contributed by atoms with E-state index in [1.807, 2.05) is 13.8 Å². The van der Waals surface area contributed by atoms with Crippen LogP contribution in [0.15, 0.2) is 23.0 Å². The molecule has 0 atom stereocenters. The number of benzene rings is 1. The molecule has 104 valence electrons. The predicted octanol–water partition coefficient (Wildman–Crippen LogP) is 3.53. The minimum absolute atomic E-state index is 0.0698. The third-order valence-electron chi connectivity index (χ3n) is 2.42. The Morgan fingerprint density at radius 3 is 2.42 bits per heavy atom. The third kappa shape index (κ3) is 3.33. The highest BCUT2D eigenvalue weighted by Crippen LogP contribution is 2.30. The van der Waals surface area contributed by atoms with E-state index >= 15 is 0 Å². The van der Waals surface area contributed by atoms with Gasteiger partial charge in [0, 0.05) is 6.42 Å². The molecule has 1 aromatic carbocycles. The van der Waals surface area contributed by atoms with Gasteiger partial charge in [0.05, 0.1) is 16.5 Å². The lowest BCUT2D eigenvalue weighted by atomic mass is 10.1. The Bertz CT molecular complexity index is 617. The SMILES string of the molecule is CC.CCc1nc2cc(C(F)(F)F)ccc2c(=O)[nH]1. The average Bonchev–Trinajstić information content (AvgIpc) is 2.39. The molecule has 2 rings (SSSR count). The molecule has 0 saturated carbocycles. The van der Waals surface area contributed by atoms with Gasteiger partial charge in [0.15, 0.2) is 0 Å². The van der Waals surface area contributed by atoms with E-state index in [0.29, 0.717) is 12.2 Å². The molecule has 3 nitrogen and oxygen atoms in total.